The SMILES string of the molecule is CCN(c1ccc(C(=O)Nc2ccc(S(=O)(=O)Nc3ccc(F)cc3)cc2)cc1)S(=O)(=O)c1ccc(SC)cc1. The third-order valence-corrected chi connectivity index (χ3v) is 9.93. The highest BCUT2D eigenvalue weighted by molar-refractivity contribution is 7.98. The van der Waals surface area contributed by atoms with Gasteiger partial charge in [-0.2, -0.15) is 0 Å². The summed E-state index contributed by atoms with van der Waals surface area (Å²) in [5.74, 6) is -0.937. The van der Waals surface area contributed by atoms with Gasteiger partial charge in [-0.15, -0.1) is 11.8 Å². The maximum atomic E-state index is 13.2. The van der Waals surface area contributed by atoms with Crippen LogP contribution in [0.3, 0.4) is 0 Å². The van der Waals surface area contributed by atoms with Crippen LogP contribution in [0.4, 0.5) is 21.5 Å². The molecule has 0 radical (unpaired) electrons. The van der Waals surface area contributed by atoms with Crippen LogP contribution in [0.2, 0.25) is 0 Å². The summed E-state index contributed by atoms with van der Waals surface area (Å²) in [7, 11) is -7.71. The van der Waals surface area contributed by atoms with Gasteiger partial charge in [-0.3, -0.25) is 13.8 Å². The van der Waals surface area contributed by atoms with E-state index in [-0.39, 0.29) is 27.6 Å². The van der Waals surface area contributed by atoms with Crippen molar-refractivity contribution >= 4 is 54.8 Å². The number of carbonyl (C=O) groups excluding carboxylic acids is 1. The molecule has 0 aliphatic carbocycles. The minimum atomic E-state index is -3.91. The number of hydrogen-bond donors (Lipinski definition) is 2. The first-order chi connectivity index (χ1) is 19.0. The van der Waals surface area contributed by atoms with Crippen molar-refractivity contribution in [2.75, 3.05) is 27.1 Å². The molecule has 40 heavy (non-hydrogen) atoms. The summed E-state index contributed by atoms with van der Waals surface area (Å²) in [5, 5.41) is 2.69. The van der Waals surface area contributed by atoms with Gasteiger partial charge < -0.3 is 5.32 Å². The van der Waals surface area contributed by atoms with E-state index in [0.717, 1.165) is 17.0 Å². The van der Waals surface area contributed by atoms with Gasteiger partial charge in [0.15, 0.2) is 0 Å². The average molecular weight is 600 g/mol. The Bertz CT molecular complexity index is 1690. The van der Waals surface area contributed by atoms with Crippen LogP contribution in [0.25, 0.3) is 0 Å². The second kappa shape index (κ2) is 12.1. The first-order valence-corrected chi connectivity index (χ1v) is 16.1. The molecule has 12 heteroatoms. The molecule has 0 bridgehead atoms. The lowest BCUT2D eigenvalue weighted by atomic mass is 10.2. The summed E-state index contributed by atoms with van der Waals surface area (Å²) in [6.45, 7) is 1.93. The Hall–Kier alpha value is -3.87. The number of carbonyl (C=O) groups is 1. The third-order valence-electron chi connectivity index (χ3n) is 5.87. The molecular weight excluding hydrogens is 574 g/mol. The fourth-order valence-corrected chi connectivity index (χ4v) is 6.74. The summed E-state index contributed by atoms with van der Waals surface area (Å²) in [6, 6.07) is 23.3. The first kappa shape index (κ1) is 29.1. The van der Waals surface area contributed by atoms with Crippen molar-refractivity contribution in [1.82, 2.24) is 0 Å². The van der Waals surface area contributed by atoms with Gasteiger partial charge in [0.2, 0.25) is 0 Å². The number of anilines is 3. The van der Waals surface area contributed by atoms with E-state index in [4.69, 9.17) is 0 Å². The summed E-state index contributed by atoms with van der Waals surface area (Å²) in [5.41, 5.74) is 1.28. The lowest BCUT2D eigenvalue weighted by Gasteiger charge is -2.23. The molecule has 4 rings (SSSR count). The van der Waals surface area contributed by atoms with Gasteiger partial charge in [-0.05, 0) is 110 Å². The predicted molar refractivity (Wildman–Crippen MR) is 156 cm³/mol. The molecule has 0 saturated carbocycles. The fourth-order valence-electron chi connectivity index (χ4n) is 3.80. The van der Waals surface area contributed by atoms with E-state index in [2.05, 4.69) is 10.0 Å². The Balaban J connectivity index is 1.44. The maximum absolute atomic E-state index is 13.2. The van der Waals surface area contributed by atoms with E-state index in [1.807, 2.05) is 6.26 Å². The number of sulfonamides is 2. The van der Waals surface area contributed by atoms with Crippen LogP contribution in [-0.4, -0.2) is 35.5 Å². The number of benzene rings is 4. The summed E-state index contributed by atoms with van der Waals surface area (Å²) in [6.07, 6.45) is 1.91. The fraction of sp³-hybridized carbons (Fsp3) is 0.107. The second-order valence-electron chi connectivity index (χ2n) is 8.48. The Morgan fingerprint density at radius 3 is 1.88 bits per heavy atom. The van der Waals surface area contributed by atoms with Gasteiger partial charge in [-0.25, -0.2) is 21.2 Å². The summed E-state index contributed by atoms with van der Waals surface area (Å²) in [4.78, 5) is 13.9. The highest BCUT2D eigenvalue weighted by Crippen LogP contribution is 2.26. The second-order valence-corrected chi connectivity index (χ2v) is 12.9. The minimum absolute atomic E-state index is 0.0388. The van der Waals surface area contributed by atoms with Gasteiger partial charge in [0.1, 0.15) is 5.82 Å². The zero-order valence-electron chi connectivity index (χ0n) is 21.5. The average Bonchev–Trinajstić information content (AvgIpc) is 2.95. The Kier molecular flexibility index (Phi) is 8.82. The van der Waals surface area contributed by atoms with E-state index in [0.29, 0.717) is 11.4 Å². The number of halogens is 1. The number of hydrogen-bond acceptors (Lipinski definition) is 6. The van der Waals surface area contributed by atoms with E-state index < -0.39 is 31.8 Å². The molecule has 2 N–H and O–H groups in total. The van der Waals surface area contributed by atoms with Crippen LogP contribution < -0.4 is 14.3 Å². The quantitative estimate of drug-likeness (QED) is 0.222. The van der Waals surface area contributed by atoms with Crippen molar-refractivity contribution < 1.29 is 26.0 Å². The zero-order chi connectivity index (χ0) is 28.9. The van der Waals surface area contributed by atoms with Gasteiger partial charge in [0, 0.05) is 28.4 Å². The maximum Gasteiger partial charge on any atom is 0.264 e. The molecule has 0 spiro atoms. The smallest absolute Gasteiger partial charge is 0.264 e. The molecule has 0 saturated heterocycles. The zero-order valence-corrected chi connectivity index (χ0v) is 24.0. The third kappa shape index (κ3) is 6.64. The van der Waals surface area contributed by atoms with Crippen LogP contribution in [-0.2, 0) is 20.0 Å². The van der Waals surface area contributed by atoms with Crippen molar-refractivity contribution in [2.45, 2.75) is 21.6 Å². The largest absolute Gasteiger partial charge is 0.322 e. The van der Waals surface area contributed by atoms with Crippen molar-refractivity contribution in [3.8, 4) is 0 Å². The summed E-state index contributed by atoms with van der Waals surface area (Å²) < 4.78 is 68.3. The Morgan fingerprint density at radius 1 is 0.775 bits per heavy atom. The van der Waals surface area contributed by atoms with Crippen LogP contribution in [0.1, 0.15) is 17.3 Å². The number of nitrogens with one attached hydrogen (secondary N) is 2. The standard InChI is InChI=1S/C28H26FN3O5S3/c1-3-32(40(36,37)27-18-14-25(38-2)15-19-27)24-12-4-20(5-13-24)28(33)30-22-10-16-26(17-11-22)39(34,35)31-23-8-6-21(29)7-9-23/h4-19,31H,3H2,1-2H3,(H,30,33). The molecule has 208 valence electrons. The van der Waals surface area contributed by atoms with Gasteiger partial charge >= 0.3 is 0 Å². The van der Waals surface area contributed by atoms with Gasteiger partial charge in [-0.1, -0.05) is 0 Å². The van der Waals surface area contributed by atoms with Crippen LogP contribution in [0, 0.1) is 5.82 Å². The van der Waals surface area contributed by atoms with E-state index in [1.54, 1.807) is 43.3 Å². The molecule has 0 atom stereocenters. The highest BCUT2D eigenvalue weighted by atomic mass is 32.2. The topological polar surface area (TPSA) is 113 Å². The lowest BCUT2D eigenvalue weighted by molar-refractivity contribution is 0.102. The molecule has 0 aromatic heterocycles. The molecule has 4 aromatic rings. The number of nitrogens with zero attached hydrogens (tertiary/aromatic N) is 1. The van der Waals surface area contributed by atoms with E-state index >= 15 is 0 Å². The van der Waals surface area contributed by atoms with E-state index in [9.17, 15) is 26.0 Å². The van der Waals surface area contributed by atoms with Crippen LogP contribution in [0.15, 0.2) is 112 Å². The van der Waals surface area contributed by atoms with Crippen molar-refractivity contribution in [1.29, 1.82) is 0 Å². The molecule has 1 amide bonds. The highest BCUT2D eigenvalue weighted by Gasteiger charge is 2.24. The normalized spacial score (nSPS) is 11.6. The molecule has 8 nitrogen and oxygen atoms in total. The Morgan fingerprint density at radius 2 is 1.32 bits per heavy atom. The minimum Gasteiger partial charge on any atom is -0.322 e. The monoisotopic (exact) mass is 599 g/mol. The van der Waals surface area contributed by atoms with Gasteiger partial charge in [0.25, 0.3) is 26.0 Å². The van der Waals surface area contributed by atoms with Crippen molar-refractivity contribution in [3.63, 3.8) is 0 Å². The number of thioether (sulfide) groups is 1. The molecule has 4 aromatic carbocycles. The van der Waals surface area contributed by atoms with Crippen molar-refractivity contribution in [3.05, 3.63) is 108 Å². The number of amides is 1. The van der Waals surface area contributed by atoms with Crippen molar-refractivity contribution in [2.24, 2.45) is 0 Å². The van der Waals surface area contributed by atoms with Gasteiger partial charge in [0.05, 0.1) is 15.5 Å². The molecule has 0 unspecified atom stereocenters. The number of rotatable bonds is 10. The predicted octanol–water partition coefficient (Wildman–Crippen LogP) is 5.82. The molecular formula is C28H26FN3O5S3. The first-order valence-electron chi connectivity index (χ1n) is 12.0. The molecule has 0 heterocycles. The van der Waals surface area contributed by atoms with Crippen LogP contribution in [0.5, 0.6) is 0 Å². The summed E-state index contributed by atoms with van der Waals surface area (Å²) >= 11 is 1.52. The molecule has 0 fully saturated rings. The van der Waals surface area contributed by atoms with Crippen LogP contribution >= 0.6 is 11.8 Å². The molecule has 0 aliphatic heterocycles. The van der Waals surface area contributed by atoms with E-state index in [1.165, 1.54) is 64.6 Å². The lowest BCUT2D eigenvalue weighted by Crippen LogP contribution is -2.30. The Labute approximate surface area is 237 Å². The molecule has 0 aliphatic rings.